The zero-order chi connectivity index (χ0) is 47.7. The third-order valence-corrected chi connectivity index (χ3v) is 14.3. The molecule has 5 heterocycles. The molecule has 5 fully saturated rings. The van der Waals surface area contributed by atoms with Crippen molar-refractivity contribution in [3.8, 4) is 0 Å². The Kier molecular flexibility index (Phi) is 16.4. The molecule has 5 aliphatic heterocycles. The highest BCUT2D eigenvalue weighted by atomic mass is 16.8. The first-order chi connectivity index (χ1) is 29.8. The zero-order valence-electron chi connectivity index (χ0n) is 39.7. The molecule has 1 aromatic rings. The van der Waals surface area contributed by atoms with E-state index in [0.29, 0.717) is 6.42 Å². The number of hydrogen-bond donors (Lipinski definition) is 4. The predicted octanol–water partition coefficient (Wildman–Crippen LogP) is 4.91. The highest BCUT2D eigenvalue weighted by Crippen LogP contribution is 2.53. The molecule has 19 atom stereocenters. The van der Waals surface area contributed by atoms with Crippen LogP contribution in [0.2, 0.25) is 0 Å². The summed E-state index contributed by atoms with van der Waals surface area (Å²) in [5, 5.41) is 43.5. The fourth-order valence-corrected chi connectivity index (χ4v) is 10.5. The van der Waals surface area contributed by atoms with Crippen molar-refractivity contribution in [2.45, 2.75) is 185 Å². The number of carboxylic acid groups (broad SMARTS) is 1. The summed E-state index contributed by atoms with van der Waals surface area (Å²) < 4.78 is 56.5. The van der Waals surface area contributed by atoms with Gasteiger partial charge in [-0.15, -0.1) is 0 Å². The van der Waals surface area contributed by atoms with Gasteiger partial charge in [-0.1, -0.05) is 58.0 Å². The number of fused-ring (bicyclic) bond motifs is 3. The average molecular weight is 908 g/mol. The van der Waals surface area contributed by atoms with Crippen LogP contribution in [0.3, 0.4) is 0 Å². The number of methoxy groups -OCH3 is 1. The summed E-state index contributed by atoms with van der Waals surface area (Å²) in [5.74, 6) is -6.43. The van der Waals surface area contributed by atoms with Gasteiger partial charge in [0.15, 0.2) is 30.1 Å². The monoisotopic (exact) mass is 907 g/mol. The van der Waals surface area contributed by atoms with Crippen LogP contribution in [-0.4, -0.2) is 155 Å². The van der Waals surface area contributed by atoms with Crippen molar-refractivity contribution in [3.63, 3.8) is 0 Å². The molecule has 0 amide bonds. The van der Waals surface area contributed by atoms with Crippen molar-refractivity contribution in [2.24, 2.45) is 23.7 Å². The molecule has 4 N–H and O–H groups in total. The Balaban J connectivity index is 0.000000611. The van der Waals surface area contributed by atoms with Gasteiger partial charge in [-0.05, 0) is 86.5 Å². The van der Waals surface area contributed by atoms with E-state index < -0.39 is 120 Å². The summed E-state index contributed by atoms with van der Waals surface area (Å²) in [7, 11) is 5.29. The standard InChI is InChI=1S/C38H65NO14.C9H8O2/c1-14-25-37(10)31(51-34(43)52-37)22(6)38(44)18(2)16-36(9,53-38)30(50-33-27(40)24(39(11)12)15-19(3)46-33)20(4)28(21(5)32(42)48-25)49-26-17-35(8,45-13)29(41)23(7)47-26;10-9(11)7-6-8-4-2-1-3-5-8/h18-31,33,40-41,44H,14-17H2,1-13H3;1-7H,(H,10,11)/b;7-6+. The molecule has 17 heteroatoms. The largest absolute Gasteiger partial charge is 0.509 e. The molecule has 17 nitrogen and oxygen atoms in total. The van der Waals surface area contributed by atoms with E-state index in [-0.39, 0.29) is 31.4 Å². The number of cyclic esters (lactones) is 1. The predicted molar refractivity (Wildman–Crippen MR) is 231 cm³/mol. The molecular formula is C47H73NO16. The van der Waals surface area contributed by atoms with Crippen molar-refractivity contribution in [1.82, 2.24) is 4.90 Å². The number of carbonyl (C=O) groups is 3. The van der Waals surface area contributed by atoms with Gasteiger partial charge in [-0.25, -0.2) is 9.59 Å². The number of carboxylic acids is 1. The molecule has 5 saturated heterocycles. The second-order valence-electron chi connectivity index (χ2n) is 19.4. The van der Waals surface area contributed by atoms with Gasteiger partial charge in [0.2, 0.25) is 0 Å². The zero-order valence-corrected chi connectivity index (χ0v) is 39.7. The van der Waals surface area contributed by atoms with Crippen LogP contribution in [0, 0.1) is 23.7 Å². The van der Waals surface area contributed by atoms with Crippen molar-refractivity contribution in [2.75, 3.05) is 21.2 Å². The number of rotatable bonds is 9. The minimum Gasteiger partial charge on any atom is -0.478 e. The molecule has 19 unspecified atom stereocenters. The van der Waals surface area contributed by atoms with Crippen LogP contribution in [0.25, 0.3) is 6.08 Å². The fourth-order valence-electron chi connectivity index (χ4n) is 10.5. The molecule has 64 heavy (non-hydrogen) atoms. The molecule has 0 spiro atoms. The molecule has 0 aliphatic carbocycles. The van der Waals surface area contributed by atoms with Crippen LogP contribution in [-0.2, 0) is 52.2 Å². The second-order valence-corrected chi connectivity index (χ2v) is 19.4. The number of nitrogens with zero attached hydrogens (tertiary/aromatic N) is 1. The van der Waals surface area contributed by atoms with Gasteiger partial charge in [0.1, 0.15) is 18.3 Å². The lowest BCUT2D eigenvalue weighted by molar-refractivity contribution is -0.337. The minimum absolute atomic E-state index is 0.144. The molecule has 5 aliphatic rings. The maximum Gasteiger partial charge on any atom is 0.509 e. The Morgan fingerprint density at radius 3 is 2.20 bits per heavy atom. The molecule has 0 saturated carbocycles. The number of aliphatic hydroxyl groups is 3. The summed E-state index contributed by atoms with van der Waals surface area (Å²) in [5.41, 5.74) is -2.85. The number of benzene rings is 1. The molecule has 0 radical (unpaired) electrons. The number of ether oxygens (including phenoxy) is 9. The highest BCUT2D eigenvalue weighted by molar-refractivity contribution is 5.85. The number of hydrogen-bond acceptors (Lipinski definition) is 16. The Labute approximate surface area is 377 Å². The second kappa shape index (κ2) is 20.3. The number of esters is 1. The van der Waals surface area contributed by atoms with Crippen molar-refractivity contribution in [1.29, 1.82) is 0 Å². The maximum atomic E-state index is 14.4. The molecule has 1 aromatic carbocycles. The van der Waals surface area contributed by atoms with E-state index in [9.17, 15) is 29.7 Å². The lowest BCUT2D eigenvalue weighted by Crippen LogP contribution is -2.60. The molecule has 362 valence electrons. The van der Waals surface area contributed by atoms with Crippen LogP contribution in [0.4, 0.5) is 4.79 Å². The van der Waals surface area contributed by atoms with Crippen LogP contribution < -0.4 is 0 Å². The van der Waals surface area contributed by atoms with E-state index in [0.717, 1.165) is 11.6 Å². The van der Waals surface area contributed by atoms with Crippen LogP contribution >= 0.6 is 0 Å². The SMILES string of the molecule is CCC1OC(=O)C(C)C(OC2CC(C)(OC)C(O)C(C)O2)C(C)C(OC2OC(C)CC(N(C)C)C2O)C2(C)CC(C)C(O)(O2)C(C)C2OC(=O)OC12C.O=C(O)/C=C/c1ccccc1. The lowest BCUT2D eigenvalue weighted by atomic mass is 9.75. The van der Waals surface area contributed by atoms with Gasteiger partial charge in [0, 0.05) is 37.5 Å². The normalized spacial score (nSPS) is 45.2. The van der Waals surface area contributed by atoms with E-state index in [1.54, 1.807) is 40.7 Å². The van der Waals surface area contributed by atoms with Crippen LogP contribution in [0.15, 0.2) is 36.4 Å². The average Bonchev–Trinajstić information content (AvgIpc) is 3.69. The first kappa shape index (κ1) is 51.7. The molecule has 0 aromatic heterocycles. The van der Waals surface area contributed by atoms with Gasteiger partial charge >= 0.3 is 18.1 Å². The minimum atomic E-state index is -1.86. The van der Waals surface area contributed by atoms with Gasteiger partial charge in [-0.2, -0.15) is 0 Å². The van der Waals surface area contributed by atoms with Gasteiger partial charge in [0.05, 0.1) is 47.5 Å². The lowest BCUT2D eigenvalue weighted by Gasteiger charge is -2.49. The Morgan fingerprint density at radius 1 is 0.953 bits per heavy atom. The smallest absolute Gasteiger partial charge is 0.478 e. The van der Waals surface area contributed by atoms with Crippen molar-refractivity contribution < 1.29 is 77.4 Å². The number of carbonyl (C=O) groups excluding carboxylic acids is 2. The summed E-state index contributed by atoms with van der Waals surface area (Å²) >= 11 is 0. The van der Waals surface area contributed by atoms with Gasteiger partial charge < -0.3 is 68.0 Å². The molecule has 2 bridgehead atoms. The Bertz CT molecular complexity index is 1780. The Morgan fingerprint density at radius 2 is 1.61 bits per heavy atom. The van der Waals surface area contributed by atoms with E-state index in [1.165, 1.54) is 7.11 Å². The summed E-state index contributed by atoms with van der Waals surface area (Å²) in [6, 6.07) is 9.03. The summed E-state index contributed by atoms with van der Waals surface area (Å²) in [6.07, 6.45) is -5.88. The third kappa shape index (κ3) is 10.6. The van der Waals surface area contributed by atoms with Crippen LogP contribution in [0.1, 0.15) is 100 Å². The number of aliphatic hydroxyl groups excluding tert-OH is 2. The van der Waals surface area contributed by atoms with Crippen LogP contribution in [0.5, 0.6) is 0 Å². The quantitative estimate of drug-likeness (QED) is 0.191. The van der Waals surface area contributed by atoms with E-state index >= 15 is 0 Å². The van der Waals surface area contributed by atoms with E-state index in [1.807, 2.05) is 83.9 Å². The Hall–Kier alpha value is -3.23. The topological polar surface area (TPSA) is 218 Å². The van der Waals surface area contributed by atoms with Gasteiger partial charge in [0.25, 0.3) is 0 Å². The molecule has 6 rings (SSSR count). The summed E-state index contributed by atoms with van der Waals surface area (Å²) in [4.78, 5) is 39.2. The number of likely N-dealkylation sites (N-methyl/N-ethyl adjacent to an activating group) is 1. The first-order valence-corrected chi connectivity index (χ1v) is 22.5. The first-order valence-electron chi connectivity index (χ1n) is 22.5. The fraction of sp³-hybridized carbons (Fsp3) is 0.766. The van der Waals surface area contributed by atoms with E-state index in [2.05, 4.69) is 0 Å². The van der Waals surface area contributed by atoms with E-state index in [4.69, 9.17) is 47.7 Å². The maximum absolute atomic E-state index is 14.4. The summed E-state index contributed by atoms with van der Waals surface area (Å²) in [6.45, 7) is 17.9. The third-order valence-electron chi connectivity index (χ3n) is 14.3. The number of aliphatic carboxylic acids is 1. The van der Waals surface area contributed by atoms with Crippen molar-refractivity contribution >= 4 is 24.2 Å². The highest BCUT2D eigenvalue weighted by Gasteiger charge is 2.67. The molecular weight excluding hydrogens is 835 g/mol. The van der Waals surface area contributed by atoms with Gasteiger partial charge in [-0.3, -0.25) is 4.79 Å². The van der Waals surface area contributed by atoms with Crippen molar-refractivity contribution in [3.05, 3.63) is 42.0 Å².